The predicted octanol–water partition coefficient (Wildman–Crippen LogP) is 8.60. The zero-order valence-electron chi connectivity index (χ0n) is 16.4. The van der Waals surface area contributed by atoms with Crippen molar-refractivity contribution in [3.05, 3.63) is 129 Å². The Labute approximate surface area is 194 Å². The van der Waals surface area contributed by atoms with Crippen molar-refractivity contribution >= 4 is 35.0 Å². The van der Waals surface area contributed by atoms with Gasteiger partial charge in [0.1, 0.15) is 11.6 Å². The van der Waals surface area contributed by atoms with E-state index in [2.05, 4.69) is 0 Å². The number of hydrogen-bond donors (Lipinski definition) is 0. The molecule has 0 bridgehead atoms. The number of benzene rings is 4. The van der Waals surface area contributed by atoms with Gasteiger partial charge in [0.25, 0.3) is 0 Å². The largest absolute Gasteiger partial charge is 0.207 e. The van der Waals surface area contributed by atoms with Crippen LogP contribution in [0.15, 0.2) is 94.7 Å². The average Bonchev–Trinajstić information content (AvgIpc) is 2.75. The van der Waals surface area contributed by atoms with Gasteiger partial charge in [0.05, 0.1) is 0 Å². The van der Waals surface area contributed by atoms with Crippen molar-refractivity contribution in [3.63, 3.8) is 0 Å². The molecule has 0 heterocycles. The minimum Gasteiger partial charge on any atom is -0.207 e. The van der Waals surface area contributed by atoms with Crippen LogP contribution in [-0.2, 0) is 12.8 Å². The first-order chi connectivity index (χ1) is 15.0. The maximum Gasteiger partial charge on any atom is 0.123 e. The molecule has 0 N–H and O–H groups in total. The molecule has 0 aromatic heterocycles. The zero-order chi connectivity index (χ0) is 21.8. The Morgan fingerprint density at radius 2 is 0.935 bits per heavy atom. The third-order valence-corrected chi connectivity index (χ3v) is 6.62. The van der Waals surface area contributed by atoms with Gasteiger partial charge < -0.3 is 0 Å². The molecule has 0 amide bonds. The third-order valence-electron chi connectivity index (χ3n) is 4.88. The van der Waals surface area contributed by atoms with Gasteiger partial charge in [0, 0.05) is 19.8 Å². The second kappa shape index (κ2) is 9.86. The van der Waals surface area contributed by atoms with Crippen LogP contribution in [-0.4, -0.2) is 0 Å². The van der Waals surface area contributed by atoms with Crippen molar-refractivity contribution in [2.75, 3.05) is 0 Å². The van der Waals surface area contributed by atoms with E-state index in [0.717, 1.165) is 32.0 Å². The van der Waals surface area contributed by atoms with Gasteiger partial charge in [-0.1, -0.05) is 59.2 Å². The smallest absolute Gasteiger partial charge is 0.123 e. The Bertz CT molecular complexity index is 1090. The van der Waals surface area contributed by atoms with Crippen LogP contribution in [0.1, 0.15) is 22.3 Å². The molecule has 0 radical (unpaired) electrons. The van der Waals surface area contributed by atoms with Crippen LogP contribution in [0.5, 0.6) is 0 Å². The van der Waals surface area contributed by atoms with Gasteiger partial charge in [-0.2, -0.15) is 0 Å². The monoisotopic (exact) mass is 470 g/mol. The minimum absolute atomic E-state index is 0.284. The van der Waals surface area contributed by atoms with Crippen molar-refractivity contribution in [1.82, 2.24) is 0 Å². The first kappa shape index (κ1) is 21.9. The molecule has 4 aromatic carbocycles. The molecule has 0 unspecified atom stereocenters. The summed E-state index contributed by atoms with van der Waals surface area (Å²) in [4.78, 5) is 1.86. The Morgan fingerprint density at radius 3 is 1.32 bits per heavy atom. The molecule has 0 saturated carbocycles. The van der Waals surface area contributed by atoms with Crippen molar-refractivity contribution < 1.29 is 8.78 Å². The third kappa shape index (κ3) is 5.88. The molecule has 0 saturated heterocycles. The molecule has 0 atom stereocenters. The van der Waals surface area contributed by atoms with Gasteiger partial charge in [-0.25, -0.2) is 8.78 Å². The first-order valence-electron chi connectivity index (χ1n) is 9.70. The summed E-state index contributed by atoms with van der Waals surface area (Å²) in [6, 6.07) is 24.6. The van der Waals surface area contributed by atoms with Crippen LogP contribution in [0.4, 0.5) is 8.78 Å². The van der Waals surface area contributed by atoms with Gasteiger partial charge in [-0.3, -0.25) is 0 Å². The molecular weight excluding hydrogens is 453 g/mol. The standard InChI is InChI=1S/C26H18Cl2F2S/c27-21-5-1-17(2-6-21)13-19-15-23(29)9-11-25(19)31-26-12-10-24(30)16-20(26)14-18-3-7-22(28)8-4-18/h1-12,15-16H,13-14H2. The van der Waals surface area contributed by atoms with Crippen LogP contribution in [0.2, 0.25) is 10.0 Å². The maximum atomic E-state index is 14.0. The summed E-state index contributed by atoms with van der Waals surface area (Å²) in [7, 11) is 0. The summed E-state index contributed by atoms with van der Waals surface area (Å²) in [5.41, 5.74) is 3.82. The Kier molecular flexibility index (Phi) is 6.96. The first-order valence-corrected chi connectivity index (χ1v) is 11.3. The normalized spacial score (nSPS) is 11.0. The topological polar surface area (TPSA) is 0 Å². The highest BCUT2D eigenvalue weighted by Gasteiger charge is 2.12. The second-order valence-electron chi connectivity index (χ2n) is 7.21. The SMILES string of the molecule is Fc1ccc(Sc2ccc(F)cc2Cc2ccc(Cl)cc2)c(Cc2ccc(Cl)cc2)c1. The summed E-state index contributed by atoms with van der Waals surface area (Å²) < 4.78 is 28.0. The molecule has 5 heteroatoms. The summed E-state index contributed by atoms with van der Waals surface area (Å²) in [6.07, 6.45) is 1.15. The van der Waals surface area contributed by atoms with E-state index in [-0.39, 0.29) is 11.6 Å². The molecule has 0 nitrogen and oxygen atoms in total. The van der Waals surface area contributed by atoms with Crippen molar-refractivity contribution in [2.24, 2.45) is 0 Å². The molecule has 0 spiro atoms. The van der Waals surface area contributed by atoms with E-state index in [0.29, 0.717) is 22.9 Å². The summed E-state index contributed by atoms with van der Waals surface area (Å²) >= 11 is 13.5. The van der Waals surface area contributed by atoms with Crippen LogP contribution in [0.25, 0.3) is 0 Å². The van der Waals surface area contributed by atoms with E-state index in [9.17, 15) is 8.78 Å². The Hall–Kier alpha value is -2.33. The van der Waals surface area contributed by atoms with Crippen LogP contribution < -0.4 is 0 Å². The van der Waals surface area contributed by atoms with Crippen LogP contribution in [0.3, 0.4) is 0 Å². The number of rotatable bonds is 6. The van der Waals surface area contributed by atoms with Crippen LogP contribution in [0, 0.1) is 11.6 Å². The number of halogens is 4. The lowest BCUT2D eigenvalue weighted by Gasteiger charge is -2.13. The second-order valence-corrected chi connectivity index (χ2v) is 9.17. The van der Waals surface area contributed by atoms with Crippen LogP contribution >= 0.6 is 35.0 Å². The van der Waals surface area contributed by atoms with Gasteiger partial charge in [0.15, 0.2) is 0 Å². The van der Waals surface area contributed by atoms with E-state index in [1.807, 2.05) is 48.5 Å². The van der Waals surface area contributed by atoms with E-state index >= 15 is 0 Å². The average molecular weight is 471 g/mol. The molecule has 0 aliphatic rings. The van der Waals surface area contributed by atoms with E-state index in [1.165, 1.54) is 23.9 Å². The fourth-order valence-electron chi connectivity index (χ4n) is 3.33. The Morgan fingerprint density at radius 1 is 0.548 bits per heavy atom. The summed E-state index contributed by atoms with van der Waals surface area (Å²) in [5, 5.41) is 1.33. The molecule has 0 aliphatic heterocycles. The van der Waals surface area contributed by atoms with E-state index in [4.69, 9.17) is 23.2 Å². The fraction of sp³-hybridized carbons (Fsp3) is 0.0769. The van der Waals surface area contributed by atoms with Gasteiger partial charge in [0.2, 0.25) is 0 Å². The number of hydrogen-bond acceptors (Lipinski definition) is 1. The van der Waals surface area contributed by atoms with E-state index < -0.39 is 0 Å². The molecule has 156 valence electrons. The van der Waals surface area contributed by atoms with Crippen molar-refractivity contribution in [1.29, 1.82) is 0 Å². The molecular formula is C26H18Cl2F2S. The van der Waals surface area contributed by atoms with Gasteiger partial charge >= 0.3 is 0 Å². The van der Waals surface area contributed by atoms with Gasteiger partial charge in [-0.05, 0) is 95.8 Å². The predicted molar refractivity (Wildman–Crippen MR) is 125 cm³/mol. The molecule has 4 aromatic rings. The highest BCUT2D eigenvalue weighted by atomic mass is 35.5. The summed E-state index contributed by atoms with van der Waals surface area (Å²) in [5.74, 6) is -0.567. The molecule has 4 rings (SSSR count). The summed E-state index contributed by atoms with van der Waals surface area (Å²) in [6.45, 7) is 0. The molecule has 31 heavy (non-hydrogen) atoms. The maximum absolute atomic E-state index is 14.0. The Balaban J connectivity index is 1.64. The van der Waals surface area contributed by atoms with Gasteiger partial charge in [-0.15, -0.1) is 0 Å². The lowest BCUT2D eigenvalue weighted by molar-refractivity contribution is 0.624. The van der Waals surface area contributed by atoms with Crippen molar-refractivity contribution in [2.45, 2.75) is 22.6 Å². The minimum atomic E-state index is -0.284. The highest BCUT2D eigenvalue weighted by Crippen LogP contribution is 2.35. The lowest BCUT2D eigenvalue weighted by atomic mass is 10.0. The molecule has 0 aliphatic carbocycles. The van der Waals surface area contributed by atoms with E-state index in [1.54, 1.807) is 24.3 Å². The lowest BCUT2D eigenvalue weighted by Crippen LogP contribution is -1.96. The van der Waals surface area contributed by atoms with Crippen molar-refractivity contribution in [3.8, 4) is 0 Å². The molecule has 0 fully saturated rings. The highest BCUT2D eigenvalue weighted by molar-refractivity contribution is 7.99. The quantitative estimate of drug-likeness (QED) is 0.271. The fourth-order valence-corrected chi connectivity index (χ4v) is 4.62. The zero-order valence-corrected chi connectivity index (χ0v) is 18.7.